The molecule has 0 unspecified atom stereocenters. The van der Waals surface area contributed by atoms with E-state index in [2.05, 4.69) is 38.8 Å². The molecule has 0 aliphatic carbocycles. The Morgan fingerprint density at radius 3 is 2.50 bits per heavy atom. The molecule has 5 nitrogen and oxygen atoms in total. The summed E-state index contributed by atoms with van der Waals surface area (Å²) < 4.78 is 5.40. The van der Waals surface area contributed by atoms with Gasteiger partial charge in [0.25, 0.3) is 0 Å². The normalized spacial score (nSPS) is 10.4. The summed E-state index contributed by atoms with van der Waals surface area (Å²) in [5.41, 5.74) is 3.30. The summed E-state index contributed by atoms with van der Waals surface area (Å²) in [6.45, 7) is 3.45. The van der Waals surface area contributed by atoms with E-state index in [1.807, 2.05) is 49.4 Å². The van der Waals surface area contributed by atoms with Gasteiger partial charge in [-0.1, -0.05) is 48.5 Å². The number of anilines is 2. The summed E-state index contributed by atoms with van der Waals surface area (Å²) in [5, 5.41) is 6.66. The lowest BCUT2D eigenvalue weighted by Crippen LogP contribution is -2.10. The van der Waals surface area contributed by atoms with E-state index >= 15 is 0 Å². The average molecular weight is 348 g/mol. The molecule has 0 bridgehead atoms. The fourth-order valence-electron chi connectivity index (χ4n) is 2.75. The van der Waals surface area contributed by atoms with E-state index in [4.69, 9.17) is 4.74 Å². The zero-order chi connectivity index (χ0) is 18.2. The fraction of sp³-hybridized carbons (Fsp3) is 0.238. The number of benzene rings is 2. The number of hydrogen-bond acceptors (Lipinski definition) is 5. The maximum absolute atomic E-state index is 5.40. The highest BCUT2D eigenvalue weighted by Gasteiger charge is 2.04. The van der Waals surface area contributed by atoms with Gasteiger partial charge in [0.2, 0.25) is 5.95 Å². The number of aromatic nitrogens is 2. The van der Waals surface area contributed by atoms with Crippen LogP contribution in [0, 0.1) is 6.92 Å². The lowest BCUT2D eigenvalue weighted by molar-refractivity contribution is 0.410. The zero-order valence-corrected chi connectivity index (χ0v) is 15.2. The Labute approximate surface area is 154 Å². The molecule has 2 aromatic carbocycles. The predicted octanol–water partition coefficient (Wildman–Crippen LogP) is 4.06. The lowest BCUT2D eigenvalue weighted by atomic mass is 10.1. The second kappa shape index (κ2) is 8.85. The number of hydrogen-bond donors (Lipinski definition) is 2. The van der Waals surface area contributed by atoms with Gasteiger partial charge in [0.05, 0.1) is 7.11 Å². The molecule has 5 heteroatoms. The lowest BCUT2D eigenvalue weighted by Gasteiger charge is -2.11. The minimum atomic E-state index is 0.633. The number of nitrogens with zero attached hydrogens (tertiary/aromatic N) is 2. The Hall–Kier alpha value is -3.08. The van der Waals surface area contributed by atoms with Crippen molar-refractivity contribution < 1.29 is 4.74 Å². The molecule has 3 rings (SSSR count). The van der Waals surface area contributed by atoms with Crippen LogP contribution in [0.15, 0.2) is 60.7 Å². The molecule has 0 atom stereocenters. The highest BCUT2D eigenvalue weighted by molar-refractivity contribution is 5.43. The van der Waals surface area contributed by atoms with Crippen molar-refractivity contribution in [3.05, 3.63) is 77.5 Å². The molecular formula is C21H24N4O. The number of nitrogens with one attached hydrogen (secondary N) is 2. The van der Waals surface area contributed by atoms with Crippen LogP contribution in [-0.2, 0) is 13.0 Å². The van der Waals surface area contributed by atoms with Crippen LogP contribution < -0.4 is 15.4 Å². The van der Waals surface area contributed by atoms with Crippen LogP contribution in [0.1, 0.15) is 16.8 Å². The maximum Gasteiger partial charge on any atom is 0.225 e. The van der Waals surface area contributed by atoms with Gasteiger partial charge in [0.15, 0.2) is 0 Å². The SMILES string of the molecule is COc1ccccc1CCNc1cc(C)nc(NCc2ccccc2)n1. The second-order valence-corrected chi connectivity index (χ2v) is 6.05. The first-order chi connectivity index (χ1) is 12.7. The summed E-state index contributed by atoms with van der Waals surface area (Å²) in [7, 11) is 1.70. The van der Waals surface area contributed by atoms with E-state index in [1.165, 1.54) is 11.1 Å². The van der Waals surface area contributed by atoms with Crippen LogP contribution in [0.5, 0.6) is 5.75 Å². The third-order valence-corrected chi connectivity index (χ3v) is 4.04. The standard InChI is InChI=1S/C21H24N4O/c1-16-14-20(22-13-12-18-10-6-7-11-19(18)26-2)25-21(24-16)23-15-17-8-4-3-5-9-17/h3-11,14H,12-13,15H2,1-2H3,(H2,22,23,24,25). The van der Waals surface area contributed by atoms with Crippen LogP contribution in [0.4, 0.5) is 11.8 Å². The summed E-state index contributed by atoms with van der Waals surface area (Å²) in [4.78, 5) is 9.02. The summed E-state index contributed by atoms with van der Waals surface area (Å²) in [6.07, 6.45) is 0.861. The number of rotatable bonds is 8. The summed E-state index contributed by atoms with van der Waals surface area (Å²) >= 11 is 0. The molecule has 0 saturated carbocycles. The van der Waals surface area contributed by atoms with Crippen LogP contribution in [0.2, 0.25) is 0 Å². The first-order valence-corrected chi connectivity index (χ1v) is 8.74. The maximum atomic E-state index is 5.40. The topological polar surface area (TPSA) is 59.1 Å². The quantitative estimate of drug-likeness (QED) is 0.643. The second-order valence-electron chi connectivity index (χ2n) is 6.05. The number of ether oxygens (including phenoxy) is 1. The van der Waals surface area contributed by atoms with Crippen molar-refractivity contribution in [3.63, 3.8) is 0 Å². The number of aryl methyl sites for hydroxylation is 1. The highest BCUT2D eigenvalue weighted by Crippen LogP contribution is 2.18. The third kappa shape index (κ3) is 4.96. The molecule has 1 heterocycles. The Morgan fingerprint density at radius 2 is 1.69 bits per heavy atom. The molecule has 0 amide bonds. The molecular weight excluding hydrogens is 324 g/mol. The van der Waals surface area contributed by atoms with Gasteiger partial charge in [0, 0.05) is 24.8 Å². The van der Waals surface area contributed by atoms with Crippen molar-refractivity contribution in [3.8, 4) is 5.75 Å². The van der Waals surface area contributed by atoms with E-state index in [0.29, 0.717) is 12.5 Å². The van der Waals surface area contributed by atoms with E-state index in [9.17, 15) is 0 Å². The molecule has 0 spiro atoms. The Balaban J connectivity index is 1.59. The van der Waals surface area contributed by atoms with Crippen molar-refractivity contribution in [1.29, 1.82) is 0 Å². The molecule has 26 heavy (non-hydrogen) atoms. The highest BCUT2D eigenvalue weighted by atomic mass is 16.5. The largest absolute Gasteiger partial charge is 0.496 e. The Morgan fingerprint density at radius 1 is 0.923 bits per heavy atom. The van der Waals surface area contributed by atoms with E-state index in [-0.39, 0.29) is 0 Å². The molecule has 2 N–H and O–H groups in total. The zero-order valence-electron chi connectivity index (χ0n) is 15.2. The van der Waals surface area contributed by atoms with Gasteiger partial charge in [0.1, 0.15) is 11.6 Å². The first-order valence-electron chi connectivity index (χ1n) is 8.74. The van der Waals surface area contributed by atoms with Gasteiger partial charge in [-0.2, -0.15) is 4.98 Å². The van der Waals surface area contributed by atoms with Crippen molar-refractivity contribution in [2.75, 3.05) is 24.3 Å². The smallest absolute Gasteiger partial charge is 0.225 e. The van der Waals surface area contributed by atoms with Crippen molar-refractivity contribution >= 4 is 11.8 Å². The van der Waals surface area contributed by atoms with Crippen molar-refractivity contribution in [2.45, 2.75) is 19.9 Å². The van der Waals surface area contributed by atoms with E-state index in [1.54, 1.807) is 7.11 Å². The Bertz CT molecular complexity index is 836. The van der Waals surface area contributed by atoms with Gasteiger partial charge in [-0.05, 0) is 30.5 Å². The van der Waals surface area contributed by atoms with Crippen molar-refractivity contribution in [1.82, 2.24) is 9.97 Å². The van der Waals surface area contributed by atoms with Crippen LogP contribution in [-0.4, -0.2) is 23.6 Å². The molecule has 0 aliphatic heterocycles. The van der Waals surface area contributed by atoms with Gasteiger partial charge >= 0.3 is 0 Å². The molecule has 0 fully saturated rings. The minimum Gasteiger partial charge on any atom is -0.496 e. The van der Waals surface area contributed by atoms with E-state index in [0.717, 1.165) is 30.2 Å². The Kier molecular flexibility index (Phi) is 6.04. The number of methoxy groups -OCH3 is 1. The third-order valence-electron chi connectivity index (χ3n) is 4.04. The van der Waals surface area contributed by atoms with Gasteiger partial charge in [-0.3, -0.25) is 0 Å². The molecule has 0 saturated heterocycles. The summed E-state index contributed by atoms with van der Waals surface area (Å²) in [5.74, 6) is 2.37. The monoisotopic (exact) mass is 348 g/mol. The molecule has 0 radical (unpaired) electrons. The van der Waals surface area contributed by atoms with Crippen LogP contribution >= 0.6 is 0 Å². The molecule has 0 aliphatic rings. The minimum absolute atomic E-state index is 0.633. The molecule has 1 aromatic heterocycles. The fourth-order valence-corrected chi connectivity index (χ4v) is 2.75. The predicted molar refractivity (Wildman–Crippen MR) is 106 cm³/mol. The van der Waals surface area contributed by atoms with Crippen LogP contribution in [0.25, 0.3) is 0 Å². The van der Waals surface area contributed by atoms with E-state index < -0.39 is 0 Å². The van der Waals surface area contributed by atoms with Gasteiger partial charge < -0.3 is 15.4 Å². The number of para-hydroxylation sites is 1. The summed E-state index contributed by atoms with van der Waals surface area (Å²) in [6, 6.07) is 20.2. The van der Waals surface area contributed by atoms with Gasteiger partial charge in [-0.15, -0.1) is 0 Å². The molecule has 134 valence electrons. The van der Waals surface area contributed by atoms with Crippen LogP contribution in [0.3, 0.4) is 0 Å². The first kappa shape index (κ1) is 17.7. The molecule has 3 aromatic rings. The average Bonchev–Trinajstić information content (AvgIpc) is 2.67. The van der Waals surface area contributed by atoms with Crippen molar-refractivity contribution in [2.24, 2.45) is 0 Å². The van der Waals surface area contributed by atoms with Gasteiger partial charge in [-0.25, -0.2) is 4.98 Å².